The summed E-state index contributed by atoms with van der Waals surface area (Å²) in [4.78, 5) is 75.7. The first-order valence-electron chi connectivity index (χ1n) is 15.1. The maximum atomic E-state index is 12.9. The van der Waals surface area contributed by atoms with Crippen molar-refractivity contribution in [1.82, 2.24) is 0 Å². The number of carbonyl (C=O) groups is 6. The topological polar surface area (TPSA) is 178 Å². The Labute approximate surface area is 263 Å². The average Bonchev–Trinajstić information content (AvgIpc) is 2.87. The fourth-order valence-electron chi connectivity index (χ4n) is 8.27. The van der Waals surface area contributed by atoms with E-state index in [0.29, 0.717) is 11.1 Å². The van der Waals surface area contributed by atoms with Gasteiger partial charge in [0.2, 0.25) is 0 Å². The smallest absolute Gasteiger partial charge is 0.303 e. The van der Waals surface area contributed by atoms with Crippen LogP contribution in [0, 0.1) is 28.6 Å². The molecule has 1 N–H and O–H groups in total. The zero-order chi connectivity index (χ0) is 34.2. The molecule has 6 unspecified atom stereocenters. The molecule has 252 valence electrons. The van der Waals surface area contributed by atoms with E-state index < -0.39 is 108 Å². The van der Waals surface area contributed by atoms with Crippen LogP contribution in [0.2, 0.25) is 0 Å². The Morgan fingerprint density at radius 1 is 0.711 bits per heavy atom. The average molecular weight is 639 g/mol. The van der Waals surface area contributed by atoms with Gasteiger partial charge in [-0.25, -0.2) is 0 Å². The van der Waals surface area contributed by atoms with E-state index in [1.54, 1.807) is 13.8 Å². The summed E-state index contributed by atoms with van der Waals surface area (Å²) in [7, 11) is 0. The van der Waals surface area contributed by atoms with Crippen LogP contribution in [0.3, 0.4) is 0 Å². The lowest BCUT2D eigenvalue weighted by Crippen LogP contribution is -2.70. The Kier molecular flexibility index (Phi) is 10.8. The number of aliphatic hydroxyl groups is 1. The fourth-order valence-corrected chi connectivity index (χ4v) is 8.27. The van der Waals surface area contributed by atoms with Crippen molar-refractivity contribution in [2.45, 2.75) is 119 Å². The Hall–Kier alpha value is -3.48. The van der Waals surface area contributed by atoms with Gasteiger partial charge in [-0.1, -0.05) is 20.8 Å². The Balaban J connectivity index is 2.56. The molecule has 2 bridgehead atoms. The lowest BCUT2D eigenvalue weighted by Gasteiger charge is -2.62. The lowest BCUT2D eigenvalue weighted by molar-refractivity contribution is -0.258. The molecule has 0 aromatic carbocycles. The minimum Gasteiger partial charge on any atom is -0.462 e. The number of fused-ring (bicyclic) bond motifs is 3. The van der Waals surface area contributed by atoms with E-state index in [2.05, 4.69) is 0 Å². The molecule has 0 aliphatic heterocycles. The minimum atomic E-state index is -1.50. The molecule has 0 spiro atoms. The van der Waals surface area contributed by atoms with Gasteiger partial charge in [0.15, 0.2) is 12.2 Å². The molecule has 13 nitrogen and oxygen atoms in total. The molecule has 45 heavy (non-hydrogen) atoms. The number of carbonyl (C=O) groups excluding carboxylic acids is 6. The highest BCUT2D eigenvalue weighted by Crippen LogP contribution is 2.62. The van der Waals surface area contributed by atoms with Crippen LogP contribution in [0.25, 0.3) is 0 Å². The molecular weight excluding hydrogens is 592 g/mol. The zero-order valence-corrected chi connectivity index (χ0v) is 27.7. The Morgan fingerprint density at radius 3 is 1.69 bits per heavy atom. The van der Waals surface area contributed by atoms with Crippen LogP contribution in [-0.2, 0) is 57.2 Å². The first-order chi connectivity index (χ1) is 20.8. The first-order valence-corrected chi connectivity index (χ1v) is 15.1. The highest BCUT2D eigenvalue weighted by Gasteiger charge is 2.69. The van der Waals surface area contributed by atoms with E-state index in [1.165, 1.54) is 41.5 Å². The largest absolute Gasteiger partial charge is 0.462 e. The maximum Gasteiger partial charge on any atom is 0.303 e. The summed E-state index contributed by atoms with van der Waals surface area (Å²) in [5.74, 6) is -6.60. The Bertz CT molecular complexity index is 1250. The molecule has 0 heterocycles. The van der Waals surface area contributed by atoms with Crippen LogP contribution in [0.15, 0.2) is 11.1 Å². The van der Waals surface area contributed by atoms with Gasteiger partial charge < -0.3 is 33.5 Å². The van der Waals surface area contributed by atoms with Crippen molar-refractivity contribution < 1.29 is 62.3 Å². The van der Waals surface area contributed by atoms with Gasteiger partial charge in [0.25, 0.3) is 0 Å². The molecule has 0 radical (unpaired) electrons. The molecule has 3 rings (SSSR count). The lowest BCUT2D eigenvalue weighted by atomic mass is 9.47. The van der Waals surface area contributed by atoms with Crippen molar-refractivity contribution in [2.75, 3.05) is 6.61 Å². The standard InChI is InChI=1S/C32H46O13/c1-14-23(40-15(2)34)11-22-28(43-18(5)37)27-21(13-33)24(41-16(3)35)12-25(42-17(4)36)32(27,10)30(45-20(7)39)29(44-19(6)38)26(14)31(22,8)9/h21-25,27-30,33H,11-13H2,1-10H3/t21-,22+,23?,24?,25?,27+,28?,29?,30?,32-/m1/s1. The normalized spacial score (nSPS) is 35.4. The van der Waals surface area contributed by atoms with Crippen molar-refractivity contribution in [2.24, 2.45) is 28.6 Å². The molecule has 0 saturated heterocycles. The van der Waals surface area contributed by atoms with E-state index in [9.17, 15) is 33.9 Å². The second-order valence-corrected chi connectivity index (χ2v) is 13.1. The molecule has 0 aromatic rings. The van der Waals surface area contributed by atoms with E-state index in [4.69, 9.17) is 28.4 Å². The molecule has 2 saturated carbocycles. The fraction of sp³-hybridized carbons (Fsp3) is 0.750. The summed E-state index contributed by atoms with van der Waals surface area (Å²) in [6.07, 6.45) is -6.66. The molecule has 0 aromatic heterocycles. The highest BCUT2D eigenvalue weighted by atomic mass is 16.6. The highest BCUT2D eigenvalue weighted by molar-refractivity contribution is 5.70. The van der Waals surface area contributed by atoms with E-state index in [0.717, 1.165) is 0 Å². The van der Waals surface area contributed by atoms with Crippen molar-refractivity contribution in [3.8, 4) is 0 Å². The van der Waals surface area contributed by atoms with Gasteiger partial charge in [-0.05, 0) is 29.9 Å². The minimum absolute atomic E-state index is 0.100. The summed E-state index contributed by atoms with van der Waals surface area (Å²) in [5, 5.41) is 10.9. The van der Waals surface area contributed by atoms with Gasteiger partial charge in [0.1, 0.15) is 24.4 Å². The van der Waals surface area contributed by atoms with Crippen molar-refractivity contribution in [1.29, 1.82) is 0 Å². The van der Waals surface area contributed by atoms with Gasteiger partial charge in [-0.2, -0.15) is 0 Å². The van der Waals surface area contributed by atoms with Crippen LogP contribution >= 0.6 is 0 Å². The number of ether oxygens (including phenoxy) is 6. The van der Waals surface area contributed by atoms with Crippen LogP contribution < -0.4 is 0 Å². The Morgan fingerprint density at radius 2 is 1.22 bits per heavy atom. The second kappa shape index (κ2) is 13.5. The van der Waals surface area contributed by atoms with Crippen LogP contribution in [0.5, 0.6) is 0 Å². The molecule has 0 amide bonds. The molecule has 2 fully saturated rings. The van der Waals surface area contributed by atoms with Crippen molar-refractivity contribution >= 4 is 35.8 Å². The monoisotopic (exact) mass is 638 g/mol. The molecule has 3 aliphatic carbocycles. The third-order valence-corrected chi connectivity index (χ3v) is 9.75. The van der Waals surface area contributed by atoms with Gasteiger partial charge in [-0.3, -0.25) is 28.8 Å². The third kappa shape index (κ3) is 7.02. The number of rotatable bonds is 7. The summed E-state index contributed by atoms with van der Waals surface area (Å²) in [6, 6.07) is 0. The van der Waals surface area contributed by atoms with Gasteiger partial charge >= 0.3 is 35.8 Å². The van der Waals surface area contributed by atoms with Gasteiger partial charge in [0.05, 0.1) is 5.41 Å². The second-order valence-electron chi connectivity index (χ2n) is 13.1. The number of esters is 6. The predicted octanol–water partition coefficient (Wildman–Crippen LogP) is 2.59. The van der Waals surface area contributed by atoms with E-state index in [1.807, 2.05) is 13.8 Å². The van der Waals surface area contributed by atoms with Crippen LogP contribution in [0.1, 0.15) is 82.1 Å². The third-order valence-electron chi connectivity index (χ3n) is 9.75. The summed E-state index contributed by atoms with van der Waals surface area (Å²) in [6.45, 7) is 13.9. The van der Waals surface area contributed by atoms with E-state index in [-0.39, 0.29) is 12.8 Å². The number of aliphatic hydroxyl groups excluding tert-OH is 1. The first kappa shape index (κ1) is 36.0. The van der Waals surface area contributed by atoms with E-state index >= 15 is 0 Å². The quantitative estimate of drug-likeness (QED) is 0.245. The number of hydrogen-bond donors (Lipinski definition) is 1. The molecule has 13 heteroatoms. The number of hydrogen-bond acceptors (Lipinski definition) is 13. The maximum absolute atomic E-state index is 12.9. The molecule has 10 atom stereocenters. The van der Waals surface area contributed by atoms with Crippen molar-refractivity contribution in [3.05, 3.63) is 11.1 Å². The summed E-state index contributed by atoms with van der Waals surface area (Å²) < 4.78 is 35.5. The van der Waals surface area contributed by atoms with Crippen molar-refractivity contribution in [3.63, 3.8) is 0 Å². The summed E-state index contributed by atoms with van der Waals surface area (Å²) in [5.41, 5.74) is -1.40. The zero-order valence-electron chi connectivity index (χ0n) is 27.7. The molecule has 3 aliphatic rings. The van der Waals surface area contributed by atoms with Crippen LogP contribution in [0.4, 0.5) is 0 Å². The summed E-state index contributed by atoms with van der Waals surface area (Å²) >= 11 is 0. The molecular formula is C32H46O13. The van der Waals surface area contributed by atoms with Crippen LogP contribution in [-0.4, -0.2) is 84.2 Å². The van der Waals surface area contributed by atoms with Gasteiger partial charge in [0, 0.05) is 72.3 Å². The van der Waals surface area contributed by atoms with Gasteiger partial charge in [-0.15, -0.1) is 0 Å². The predicted molar refractivity (Wildman–Crippen MR) is 155 cm³/mol. The SMILES string of the molecule is CC(=O)OC1C[C@H]2C(OC(C)=O)[C@@H]3[C@H](CO)C(OC(C)=O)CC(OC(C)=O)[C@@]3(C)C(OC(C)=O)C(OC(C)=O)C(=C1C)C2(C)C.